The summed E-state index contributed by atoms with van der Waals surface area (Å²) in [4.78, 5) is 2.26. The van der Waals surface area contributed by atoms with Crippen LogP contribution in [0.4, 0.5) is 0 Å². The molecule has 0 saturated heterocycles. The van der Waals surface area contributed by atoms with Crippen LogP contribution in [-0.2, 0) is 13.0 Å². The van der Waals surface area contributed by atoms with Gasteiger partial charge in [-0.25, -0.2) is 0 Å². The van der Waals surface area contributed by atoms with Crippen molar-refractivity contribution in [1.82, 2.24) is 4.90 Å². The Bertz CT molecular complexity index is 519. The minimum Gasteiger partial charge on any atom is -0.489 e. The molecule has 2 nitrogen and oxygen atoms in total. The smallest absolute Gasteiger partial charge is 0.119 e. The zero-order valence-corrected chi connectivity index (χ0v) is 13.3. The van der Waals surface area contributed by atoms with Crippen molar-refractivity contribution in [2.45, 2.75) is 32.4 Å². The lowest BCUT2D eigenvalue weighted by atomic mass is 10.1. The van der Waals surface area contributed by atoms with Crippen LogP contribution >= 0.6 is 0 Å². The first-order chi connectivity index (χ1) is 10.1. The van der Waals surface area contributed by atoms with Crippen molar-refractivity contribution in [3.05, 3.63) is 65.7 Å². The van der Waals surface area contributed by atoms with Crippen LogP contribution in [0.25, 0.3) is 0 Å². The van der Waals surface area contributed by atoms with Gasteiger partial charge in [0, 0.05) is 6.04 Å². The number of ether oxygens (including phenoxy) is 1. The topological polar surface area (TPSA) is 12.5 Å². The number of nitrogens with zero attached hydrogens (tertiary/aromatic N) is 1. The Balaban J connectivity index is 1.82. The molecule has 0 aliphatic rings. The number of rotatable bonds is 7. The molecule has 2 aromatic carbocycles. The highest BCUT2D eigenvalue weighted by atomic mass is 16.5. The second kappa shape index (κ2) is 7.84. The first-order valence-electron chi connectivity index (χ1n) is 7.57. The third-order valence-corrected chi connectivity index (χ3v) is 3.90. The van der Waals surface area contributed by atoms with E-state index in [2.05, 4.69) is 62.3 Å². The molecule has 0 saturated carbocycles. The van der Waals surface area contributed by atoms with E-state index in [0.29, 0.717) is 12.6 Å². The standard InChI is InChI=1S/C19H25NO/c1-16(20(2)3)9-10-17-11-13-19(14-12-17)21-15-18-7-5-4-6-8-18/h4-8,11-14,16H,9-10,15H2,1-3H3. The number of aryl methyl sites for hydroxylation is 1. The molecule has 112 valence electrons. The molecule has 0 fully saturated rings. The van der Waals surface area contributed by atoms with E-state index in [9.17, 15) is 0 Å². The fourth-order valence-corrected chi connectivity index (χ4v) is 2.13. The van der Waals surface area contributed by atoms with Gasteiger partial charge in [0.1, 0.15) is 12.4 Å². The van der Waals surface area contributed by atoms with E-state index in [-0.39, 0.29) is 0 Å². The monoisotopic (exact) mass is 283 g/mol. The van der Waals surface area contributed by atoms with Crippen LogP contribution in [0.15, 0.2) is 54.6 Å². The summed E-state index contributed by atoms with van der Waals surface area (Å²) in [6.07, 6.45) is 2.29. The summed E-state index contributed by atoms with van der Waals surface area (Å²) in [5.74, 6) is 0.934. The molecule has 0 aliphatic carbocycles. The maximum atomic E-state index is 5.80. The fraction of sp³-hybridized carbons (Fsp3) is 0.368. The SMILES string of the molecule is CC(CCc1ccc(OCc2ccccc2)cc1)N(C)C. The Hall–Kier alpha value is -1.80. The van der Waals surface area contributed by atoms with Crippen molar-refractivity contribution in [3.63, 3.8) is 0 Å². The molecule has 0 amide bonds. The van der Waals surface area contributed by atoms with E-state index in [0.717, 1.165) is 12.2 Å². The molecule has 2 rings (SSSR count). The van der Waals surface area contributed by atoms with E-state index >= 15 is 0 Å². The molecule has 2 heteroatoms. The zero-order valence-electron chi connectivity index (χ0n) is 13.3. The van der Waals surface area contributed by atoms with E-state index in [1.54, 1.807) is 0 Å². The van der Waals surface area contributed by atoms with Crippen molar-refractivity contribution in [1.29, 1.82) is 0 Å². The molecule has 0 bridgehead atoms. The number of benzene rings is 2. The van der Waals surface area contributed by atoms with Crippen LogP contribution in [0.2, 0.25) is 0 Å². The van der Waals surface area contributed by atoms with Gasteiger partial charge in [0.15, 0.2) is 0 Å². The third kappa shape index (κ3) is 5.24. The van der Waals surface area contributed by atoms with Crippen molar-refractivity contribution < 1.29 is 4.74 Å². The predicted octanol–water partition coefficient (Wildman–Crippen LogP) is 4.15. The number of hydrogen-bond acceptors (Lipinski definition) is 2. The fourth-order valence-electron chi connectivity index (χ4n) is 2.13. The minimum atomic E-state index is 0.610. The summed E-state index contributed by atoms with van der Waals surface area (Å²) in [6.45, 7) is 2.88. The van der Waals surface area contributed by atoms with Gasteiger partial charge < -0.3 is 9.64 Å². The van der Waals surface area contributed by atoms with Crippen molar-refractivity contribution in [2.75, 3.05) is 14.1 Å². The van der Waals surface area contributed by atoms with Gasteiger partial charge in [0.2, 0.25) is 0 Å². The van der Waals surface area contributed by atoms with Crippen LogP contribution < -0.4 is 4.74 Å². The lowest BCUT2D eigenvalue weighted by Gasteiger charge is -2.19. The van der Waals surface area contributed by atoms with Gasteiger partial charge in [-0.1, -0.05) is 42.5 Å². The Kier molecular flexibility index (Phi) is 5.82. The van der Waals surface area contributed by atoms with Gasteiger partial charge in [-0.3, -0.25) is 0 Å². The summed E-state index contributed by atoms with van der Waals surface area (Å²) in [5.41, 5.74) is 2.57. The average molecular weight is 283 g/mol. The Morgan fingerprint density at radius 1 is 0.905 bits per heavy atom. The highest BCUT2D eigenvalue weighted by Crippen LogP contribution is 2.16. The van der Waals surface area contributed by atoms with Gasteiger partial charge >= 0.3 is 0 Å². The highest BCUT2D eigenvalue weighted by Gasteiger charge is 2.04. The molecular weight excluding hydrogens is 258 g/mol. The molecule has 0 aromatic heterocycles. The summed E-state index contributed by atoms with van der Waals surface area (Å²) in [5, 5.41) is 0. The molecule has 0 radical (unpaired) electrons. The third-order valence-electron chi connectivity index (χ3n) is 3.90. The molecule has 2 aromatic rings. The first kappa shape index (κ1) is 15.6. The molecule has 1 unspecified atom stereocenters. The van der Waals surface area contributed by atoms with Gasteiger partial charge in [-0.15, -0.1) is 0 Å². The summed E-state index contributed by atoms with van der Waals surface area (Å²) in [7, 11) is 4.26. The van der Waals surface area contributed by atoms with Crippen molar-refractivity contribution in [3.8, 4) is 5.75 Å². The van der Waals surface area contributed by atoms with Gasteiger partial charge in [-0.05, 0) is 57.1 Å². The lowest BCUT2D eigenvalue weighted by Crippen LogP contribution is -2.24. The molecular formula is C19H25NO. The summed E-state index contributed by atoms with van der Waals surface area (Å²) < 4.78 is 5.80. The molecule has 0 spiro atoms. The Labute approximate surface area is 128 Å². The first-order valence-corrected chi connectivity index (χ1v) is 7.57. The van der Waals surface area contributed by atoms with Crippen LogP contribution in [0.1, 0.15) is 24.5 Å². The van der Waals surface area contributed by atoms with Gasteiger partial charge in [0.25, 0.3) is 0 Å². The maximum absolute atomic E-state index is 5.80. The Morgan fingerprint density at radius 2 is 1.57 bits per heavy atom. The van der Waals surface area contributed by atoms with Crippen molar-refractivity contribution >= 4 is 0 Å². The average Bonchev–Trinajstić information content (AvgIpc) is 2.52. The second-order valence-electron chi connectivity index (χ2n) is 5.77. The number of hydrogen-bond donors (Lipinski definition) is 0. The van der Waals surface area contributed by atoms with Crippen LogP contribution in [-0.4, -0.2) is 25.0 Å². The molecule has 1 atom stereocenters. The molecule has 0 N–H and O–H groups in total. The van der Waals surface area contributed by atoms with Gasteiger partial charge in [-0.2, -0.15) is 0 Å². The molecule has 0 heterocycles. The lowest BCUT2D eigenvalue weighted by molar-refractivity contribution is 0.298. The van der Waals surface area contributed by atoms with E-state index in [1.807, 2.05) is 18.2 Å². The zero-order chi connectivity index (χ0) is 15.1. The van der Waals surface area contributed by atoms with E-state index in [1.165, 1.54) is 17.5 Å². The minimum absolute atomic E-state index is 0.610. The van der Waals surface area contributed by atoms with E-state index < -0.39 is 0 Å². The van der Waals surface area contributed by atoms with Crippen LogP contribution in [0.5, 0.6) is 5.75 Å². The van der Waals surface area contributed by atoms with Gasteiger partial charge in [0.05, 0.1) is 0 Å². The summed E-state index contributed by atoms with van der Waals surface area (Å²) >= 11 is 0. The Morgan fingerprint density at radius 3 is 2.19 bits per heavy atom. The van der Waals surface area contributed by atoms with E-state index in [4.69, 9.17) is 4.74 Å². The molecule has 21 heavy (non-hydrogen) atoms. The summed E-state index contributed by atoms with van der Waals surface area (Å²) in [6, 6.07) is 19.3. The predicted molar refractivity (Wildman–Crippen MR) is 88.7 cm³/mol. The largest absolute Gasteiger partial charge is 0.489 e. The maximum Gasteiger partial charge on any atom is 0.119 e. The molecule has 0 aliphatic heterocycles. The quantitative estimate of drug-likeness (QED) is 0.757. The van der Waals surface area contributed by atoms with Crippen LogP contribution in [0.3, 0.4) is 0 Å². The van der Waals surface area contributed by atoms with Crippen LogP contribution in [0, 0.1) is 0 Å². The van der Waals surface area contributed by atoms with Crippen molar-refractivity contribution in [2.24, 2.45) is 0 Å². The second-order valence-corrected chi connectivity index (χ2v) is 5.77. The normalized spacial score (nSPS) is 12.4. The highest BCUT2D eigenvalue weighted by molar-refractivity contribution is 5.28.